The third kappa shape index (κ3) is 4.28. The third-order valence-corrected chi connectivity index (χ3v) is 8.50. The van der Waals surface area contributed by atoms with Crippen molar-refractivity contribution in [1.29, 1.82) is 0 Å². The Balaban J connectivity index is 1.65. The summed E-state index contributed by atoms with van der Waals surface area (Å²) in [5, 5.41) is 10.6. The number of rotatable bonds is 7. The molecule has 204 valence electrons. The molecule has 4 aliphatic rings. The number of hydrogen-bond acceptors (Lipinski definition) is 6. The normalized spacial score (nSPS) is 34.4. The first-order valence-corrected chi connectivity index (χ1v) is 13.9. The SMILES string of the molecule is CCCCCN1CC=C[C@]23O[C@]4(C)/C=C\CCCOC(=O)[C@@H]4[C@H]2C(=O)N([C@H](CO)c2ccccc2)C3C1=O. The van der Waals surface area contributed by atoms with Crippen LogP contribution in [-0.4, -0.2) is 76.2 Å². The molecule has 4 aliphatic heterocycles. The van der Waals surface area contributed by atoms with Gasteiger partial charge in [-0.3, -0.25) is 14.4 Å². The summed E-state index contributed by atoms with van der Waals surface area (Å²) in [5.41, 5.74) is -1.76. The molecule has 2 saturated heterocycles. The van der Waals surface area contributed by atoms with Crippen LogP contribution in [0.15, 0.2) is 54.6 Å². The van der Waals surface area contributed by atoms with Gasteiger partial charge in [0, 0.05) is 13.1 Å². The van der Waals surface area contributed by atoms with Crippen molar-refractivity contribution in [3.05, 3.63) is 60.2 Å². The van der Waals surface area contributed by atoms with Crippen molar-refractivity contribution in [3.63, 3.8) is 0 Å². The number of aliphatic hydroxyl groups excluding tert-OH is 1. The van der Waals surface area contributed by atoms with Gasteiger partial charge in [0.25, 0.3) is 0 Å². The van der Waals surface area contributed by atoms with Gasteiger partial charge in [-0.25, -0.2) is 0 Å². The Bertz CT molecular complexity index is 1120. The predicted molar refractivity (Wildman–Crippen MR) is 141 cm³/mol. The van der Waals surface area contributed by atoms with E-state index in [0.29, 0.717) is 19.5 Å². The molecule has 1 N–H and O–H groups in total. The van der Waals surface area contributed by atoms with Gasteiger partial charge in [0.2, 0.25) is 11.8 Å². The van der Waals surface area contributed by atoms with Gasteiger partial charge in [-0.1, -0.05) is 74.4 Å². The number of aliphatic hydroxyl groups is 1. The molecule has 6 atom stereocenters. The molecular weight excluding hydrogens is 484 g/mol. The van der Waals surface area contributed by atoms with Crippen molar-refractivity contribution in [1.82, 2.24) is 9.80 Å². The van der Waals surface area contributed by atoms with E-state index in [-0.39, 0.29) is 25.0 Å². The van der Waals surface area contributed by atoms with E-state index >= 15 is 0 Å². The second kappa shape index (κ2) is 10.7. The van der Waals surface area contributed by atoms with E-state index in [2.05, 4.69) is 6.92 Å². The number of ether oxygens (including phenoxy) is 2. The minimum atomic E-state index is -1.36. The molecule has 5 rings (SSSR count). The van der Waals surface area contributed by atoms with Crippen LogP contribution in [0, 0.1) is 11.8 Å². The Kier molecular flexibility index (Phi) is 7.47. The first-order valence-electron chi connectivity index (χ1n) is 13.9. The lowest BCUT2D eigenvalue weighted by molar-refractivity contribution is -0.161. The van der Waals surface area contributed by atoms with Gasteiger partial charge in [0.05, 0.1) is 30.8 Å². The lowest BCUT2D eigenvalue weighted by Gasteiger charge is -2.40. The van der Waals surface area contributed by atoms with E-state index < -0.39 is 41.1 Å². The fourth-order valence-corrected chi connectivity index (χ4v) is 6.74. The number of esters is 1. The van der Waals surface area contributed by atoms with Crippen molar-refractivity contribution in [2.45, 2.75) is 69.2 Å². The van der Waals surface area contributed by atoms with Gasteiger partial charge < -0.3 is 24.4 Å². The second-order valence-electron chi connectivity index (χ2n) is 11.0. The lowest BCUT2D eigenvalue weighted by Crippen LogP contribution is -2.57. The number of carbonyl (C=O) groups is 3. The Hall–Kier alpha value is -2.97. The van der Waals surface area contributed by atoms with Crippen LogP contribution in [0.2, 0.25) is 0 Å². The Morgan fingerprint density at radius 1 is 1.05 bits per heavy atom. The predicted octanol–water partition coefficient (Wildman–Crippen LogP) is 3.17. The van der Waals surface area contributed by atoms with Gasteiger partial charge in [0.1, 0.15) is 17.6 Å². The van der Waals surface area contributed by atoms with Crippen molar-refractivity contribution >= 4 is 17.8 Å². The zero-order valence-electron chi connectivity index (χ0n) is 22.3. The van der Waals surface area contributed by atoms with Crippen molar-refractivity contribution in [3.8, 4) is 0 Å². The molecule has 1 spiro atoms. The molecule has 0 bridgehead atoms. The molecule has 2 amide bonds. The first kappa shape index (κ1) is 26.6. The van der Waals surface area contributed by atoms with Gasteiger partial charge in [0.15, 0.2) is 0 Å². The molecule has 2 fully saturated rings. The molecule has 8 heteroatoms. The molecule has 4 heterocycles. The number of carbonyl (C=O) groups excluding carboxylic acids is 3. The van der Waals surface area contributed by atoms with Crippen LogP contribution < -0.4 is 0 Å². The molecule has 38 heavy (non-hydrogen) atoms. The molecular formula is C30H38N2O6. The molecule has 0 radical (unpaired) electrons. The maximum Gasteiger partial charge on any atom is 0.313 e. The summed E-state index contributed by atoms with van der Waals surface area (Å²) in [5.74, 6) is -2.95. The summed E-state index contributed by atoms with van der Waals surface area (Å²) in [6.07, 6.45) is 11.9. The maximum absolute atomic E-state index is 14.5. The van der Waals surface area contributed by atoms with Crippen LogP contribution in [0.25, 0.3) is 0 Å². The smallest absolute Gasteiger partial charge is 0.313 e. The van der Waals surface area contributed by atoms with Crippen LogP contribution in [0.4, 0.5) is 0 Å². The zero-order chi connectivity index (χ0) is 26.9. The molecule has 1 aromatic carbocycles. The van der Waals surface area contributed by atoms with E-state index in [9.17, 15) is 19.5 Å². The van der Waals surface area contributed by atoms with Crippen LogP contribution in [0.5, 0.6) is 0 Å². The number of unbranched alkanes of at least 4 members (excludes halogenated alkanes) is 2. The molecule has 0 aromatic heterocycles. The monoisotopic (exact) mass is 522 g/mol. The second-order valence-corrected chi connectivity index (χ2v) is 11.0. The van der Waals surface area contributed by atoms with Crippen molar-refractivity contribution in [2.75, 3.05) is 26.3 Å². The fraction of sp³-hybridized carbons (Fsp3) is 0.567. The topological polar surface area (TPSA) is 96.4 Å². The molecule has 1 aromatic rings. The number of nitrogens with zero attached hydrogens (tertiary/aromatic N) is 2. The highest BCUT2D eigenvalue weighted by Crippen LogP contribution is 2.58. The van der Waals surface area contributed by atoms with E-state index in [1.54, 1.807) is 4.90 Å². The highest BCUT2D eigenvalue weighted by atomic mass is 16.6. The summed E-state index contributed by atoms with van der Waals surface area (Å²) in [6.45, 7) is 4.78. The highest BCUT2D eigenvalue weighted by Gasteiger charge is 2.75. The number of amides is 2. The summed E-state index contributed by atoms with van der Waals surface area (Å²) in [6, 6.07) is 7.45. The summed E-state index contributed by atoms with van der Waals surface area (Å²) in [7, 11) is 0. The number of hydrogen-bond donors (Lipinski definition) is 1. The lowest BCUT2D eigenvalue weighted by atomic mass is 9.74. The minimum Gasteiger partial charge on any atom is -0.465 e. The number of allylic oxidation sites excluding steroid dienone is 1. The largest absolute Gasteiger partial charge is 0.465 e. The van der Waals surface area contributed by atoms with Gasteiger partial charge >= 0.3 is 5.97 Å². The van der Waals surface area contributed by atoms with Crippen LogP contribution in [-0.2, 0) is 23.9 Å². The van der Waals surface area contributed by atoms with Crippen LogP contribution in [0.3, 0.4) is 0 Å². The fourth-order valence-electron chi connectivity index (χ4n) is 6.74. The van der Waals surface area contributed by atoms with Crippen molar-refractivity contribution in [2.24, 2.45) is 11.8 Å². The number of fused-ring (bicyclic) bond motifs is 2. The minimum absolute atomic E-state index is 0.219. The first-order chi connectivity index (χ1) is 18.4. The van der Waals surface area contributed by atoms with Gasteiger partial charge in [-0.15, -0.1) is 0 Å². The van der Waals surface area contributed by atoms with Gasteiger partial charge in [-0.05, 0) is 31.7 Å². The summed E-state index contributed by atoms with van der Waals surface area (Å²) in [4.78, 5) is 45.6. The molecule has 0 saturated carbocycles. The third-order valence-electron chi connectivity index (χ3n) is 8.50. The quantitative estimate of drug-likeness (QED) is 0.336. The highest BCUT2D eigenvalue weighted by molar-refractivity contribution is 5.99. The van der Waals surface area contributed by atoms with Crippen LogP contribution in [0.1, 0.15) is 57.6 Å². The Labute approximate surface area is 224 Å². The van der Waals surface area contributed by atoms with E-state index in [1.165, 1.54) is 4.90 Å². The Morgan fingerprint density at radius 3 is 2.58 bits per heavy atom. The van der Waals surface area contributed by atoms with Crippen LogP contribution >= 0.6 is 0 Å². The van der Waals surface area contributed by atoms with E-state index in [0.717, 1.165) is 31.2 Å². The average molecular weight is 523 g/mol. The number of benzene rings is 1. The van der Waals surface area contributed by atoms with E-state index in [1.807, 2.05) is 61.6 Å². The average Bonchev–Trinajstić information content (AvgIpc) is 3.26. The van der Waals surface area contributed by atoms with Crippen molar-refractivity contribution < 1.29 is 29.0 Å². The zero-order valence-corrected chi connectivity index (χ0v) is 22.3. The number of cyclic esters (lactones) is 1. The summed E-state index contributed by atoms with van der Waals surface area (Å²) < 4.78 is 12.4. The van der Waals surface area contributed by atoms with E-state index in [4.69, 9.17) is 9.47 Å². The number of likely N-dealkylation sites (tertiary alicyclic amines) is 1. The Morgan fingerprint density at radius 2 is 1.84 bits per heavy atom. The molecule has 1 unspecified atom stereocenters. The summed E-state index contributed by atoms with van der Waals surface area (Å²) >= 11 is 0. The molecule has 8 nitrogen and oxygen atoms in total. The molecule has 0 aliphatic carbocycles. The van der Waals surface area contributed by atoms with Gasteiger partial charge in [-0.2, -0.15) is 0 Å². The standard InChI is InChI=1S/C30H38N2O6/c1-3-4-10-17-31-18-12-16-30-23(24-28(36)37-19-11-6-9-15-29(24,2)38-30)26(34)32(25(30)27(31)35)22(20-33)21-13-7-5-8-14-21/h5,7-9,12-16,22-25,33H,3-4,6,10-11,17-20H2,1-2H3/b15-9-/t22-,23+,24+,25?,29-,30+/m1/s1. The maximum atomic E-state index is 14.5.